The summed E-state index contributed by atoms with van der Waals surface area (Å²) in [5, 5.41) is 2.69. The fourth-order valence-electron chi connectivity index (χ4n) is 3.45. The maximum atomic E-state index is 13.3. The second-order valence-electron chi connectivity index (χ2n) is 6.72. The summed E-state index contributed by atoms with van der Waals surface area (Å²) in [7, 11) is 0. The molecule has 0 bridgehead atoms. The van der Waals surface area contributed by atoms with E-state index in [0.29, 0.717) is 11.3 Å². The van der Waals surface area contributed by atoms with Crippen molar-refractivity contribution in [1.82, 2.24) is 10.2 Å². The third-order valence-corrected chi connectivity index (χ3v) is 5.02. The summed E-state index contributed by atoms with van der Waals surface area (Å²) in [6, 6.07) is 13.7. The number of nitrogens with one attached hydrogen (secondary N) is 1. The van der Waals surface area contributed by atoms with E-state index in [4.69, 9.17) is 0 Å². The fourth-order valence-corrected chi connectivity index (χ4v) is 3.45. The monoisotopic (exact) mass is 395 g/mol. The zero-order chi connectivity index (χ0) is 21.0. The molecule has 0 unspecified atom stereocenters. The van der Waals surface area contributed by atoms with Crippen LogP contribution in [0.1, 0.15) is 18.9 Å². The van der Waals surface area contributed by atoms with Crippen LogP contribution in [0.4, 0.5) is 14.9 Å². The Bertz CT molecular complexity index is 930. The van der Waals surface area contributed by atoms with E-state index in [-0.39, 0.29) is 13.0 Å². The van der Waals surface area contributed by atoms with Crippen molar-refractivity contribution in [3.63, 3.8) is 0 Å². The predicted octanol–water partition coefficient (Wildman–Crippen LogP) is 3.20. The minimum atomic E-state index is -1.32. The molecule has 0 spiro atoms. The van der Waals surface area contributed by atoms with Gasteiger partial charge in [0.05, 0.1) is 0 Å². The Hall–Kier alpha value is -3.48. The first-order chi connectivity index (χ1) is 13.9. The van der Waals surface area contributed by atoms with Crippen LogP contribution < -0.4 is 10.2 Å². The summed E-state index contributed by atoms with van der Waals surface area (Å²) < 4.78 is 13.3. The van der Waals surface area contributed by atoms with Gasteiger partial charge in [-0.2, -0.15) is 0 Å². The second-order valence-corrected chi connectivity index (χ2v) is 6.72. The number of halogens is 1. The second kappa shape index (κ2) is 8.26. The van der Waals surface area contributed by atoms with Gasteiger partial charge in [-0.3, -0.25) is 14.5 Å². The number of imide groups is 1. The number of urea groups is 1. The highest BCUT2D eigenvalue weighted by molar-refractivity contribution is 6.10. The molecule has 0 aromatic heterocycles. The normalized spacial score (nSPS) is 18.5. The lowest BCUT2D eigenvalue weighted by atomic mass is 9.87. The molecule has 1 aliphatic rings. The molecule has 150 valence electrons. The summed E-state index contributed by atoms with van der Waals surface area (Å²) in [5.74, 6) is -1.38. The number of carbonyl (C=O) groups excluding carboxylic acids is 3. The van der Waals surface area contributed by atoms with Crippen LogP contribution in [0.15, 0.2) is 67.3 Å². The van der Waals surface area contributed by atoms with E-state index in [2.05, 4.69) is 11.9 Å². The van der Waals surface area contributed by atoms with E-state index in [1.807, 2.05) is 6.07 Å². The minimum absolute atomic E-state index is 0.239. The molecule has 1 atom stereocenters. The largest absolute Gasteiger partial charge is 0.325 e. The summed E-state index contributed by atoms with van der Waals surface area (Å²) in [6.45, 7) is 5.25. The molecule has 2 aromatic rings. The third-order valence-electron chi connectivity index (χ3n) is 5.02. The van der Waals surface area contributed by atoms with E-state index in [1.54, 1.807) is 37.3 Å². The first-order valence-electron chi connectivity index (χ1n) is 9.29. The van der Waals surface area contributed by atoms with Gasteiger partial charge in [0, 0.05) is 12.2 Å². The third kappa shape index (κ3) is 3.76. The summed E-state index contributed by atoms with van der Waals surface area (Å²) in [6.07, 6.45) is 1.84. The molecule has 4 amide bonds. The molecule has 1 fully saturated rings. The van der Waals surface area contributed by atoms with Crippen molar-refractivity contribution >= 4 is 23.5 Å². The molecule has 1 heterocycles. The number of benzene rings is 2. The molecular formula is C22H22FN3O3. The SMILES string of the molecule is C=CCN(C(=O)CN1C(=O)N[C@](CC)(c2ccc(F)cc2)C1=O)c1ccccc1. The Morgan fingerprint density at radius 3 is 2.41 bits per heavy atom. The molecule has 7 heteroatoms. The molecule has 6 nitrogen and oxygen atoms in total. The number of hydrogen-bond donors (Lipinski definition) is 1. The van der Waals surface area contributed by atoms with Crippen molar-refractivity contribution in [2.45, 2.75) is 18.9 Å². The number of amides is 4. The van der Waals surface area contributed by atoms with Crippen LogP contribution in [0.25, 0.3) is 0 Å². The van der Waals surface area contributed by atoms with E-state index >= 15 is 0 Å². The summed E-state index contributed by atoms with van der Waals surface area (Å²) in [5.41, 5.74) is -0.202. The van der Waals surface area contributed by atoms with Gasteiger partial charge in [0.15, 0.2) is 0 Å². The molecule has 29 heavy (non-hydrogen) atoms. The van der Waals surface area contributed by atoms with Crippen LogP contribution in [0.5, 0.6) is 0 Å². The molecule has 2 aromatic carbocycles. The van der Waals surface area contributed by atoms with Crippen LogP contribution in [0.2, 0.25) is 0 Å². The van der Waals surface area contributed by atoms with E-state index in [1.165, 1.54) is 29.2 Å². The number of para-hydroxylation sites is 1. The zero-order valence-corrected chi connectivity index (χ0v) is 16.1. The lowest BCUT2D eigenvalue weighted by Gasteiger charge is -2.26. The van der Waals surface area contributed by atoms with Gasteiger partial charge in [0.2, 0.25) is 5.91 Å². The topological polar surface area (TPSA) is 69.7 Å². The zero-order valence-electron chi connectivity index (χ0n) is 16.1. The molecule has 1 aliphatic heterocycles. The van der Waals surface area contributed by atoms with E-state index in [9.17, 15) is 18.8 Å². The average Bonchev–Trinajstić information content (AvgIpc) is 2.98. The summed E-state index contributed by atoms with van der Waals surface area (Å²) >= 11 is 0. The Labute approximate surface area is 168 Å². The average molecular weight is 395 g/mol. The van der Waals surface area contributed by atoms with Crippen LogP contribution in [-0.4, -0.2) is 35.8 Å². The van der Waals surface area contributed by atoms with E-state index in [0.717, 1.165) is 4.90 Å². The quantitative estimate of drug-likeness (QED) is 0.578. The highest BCUT2D eigenvalue weighted by Crippen LogP contribution is 2.32. The first-order valence-corrected chi connectivity index (χ1v) is 9.29. The predicted molar refractivity (Wildman–Crippen MR) is 108 cm³/mol. The molecule has 3 rings (SSSR count). The molecule has 0 aliphatic carbocycles. The maximum absolute atomic E-state index is 13.3. The van der Waals surface area contributed by atoms with Gasteiger partial charge in [-0.15, -0.1) is 6.58 Å². The molecule has 0 saturated carbocycles. The Morgan fingerprint density at radius 2 is 1.83 bits per heavy atom. The van der Waals surface area contributed by atoms with Crippen LogP contribution in [0, 0.1) is 5.82 Å². The summed E-state index contributed by atoms with van der Waals surface area (Å²) in [4.78, 5) is 41.0. The molecular weight excluding hydrogens is 373 g/mol. The number of hydrogen-bond acceptors (Lipinski definition) is 3. The lowest BCUT2D eigenvalue weighted by molar-refractivity contribution is -0.134. The van der Waals surface area contributed by atoms with E-state index < -0.39 is 35.7 Å². The van der Waals surface area contributed by atoms with Crippen LogP contribution in [-0.2, 0) is 15.1 Å². The van der Waals surface area contributed by atoms with Crippen molar-refractivity contribution in [3.05, 3.63) is 78.6 Å². The van der Waals surface area contributed by atoms with Gasteiger partial charge in [0.1, 0.15) is 17.9 Å². The minimum Gasteiger partial charge on any atom is -0.319 e. The lowest BCUT2D eigenvalue weighted by Crippen LogP contribution is -2.45. The van der Waals surface area contributed by atoms with Crippen molar-refractivity contribution in [2.24, 2.45) is 0 Å². The standard InChI is InChI=1S/C22H22FN3O3/c1-3-14-25(18-8-6-5-7-9-18)19(27)15-26-20(28)22(4-2,24-21(26)29)16-10-12-17(23)13-11-16/h3,5-13H,1,4,14-15H2,2H3,(H,24,29)/t22-/m1/s1. The van der Waals surface area contributed by atoms with Crippen LogP contribution >= 0.6 is 0 Å². The molecule has 1 N–H and O–H groups in total. The van der Waals surface area contributed by atoms with Crippen molar-refractivity contribution < 1.29 is 18.8 Å². The molecule has 1 saturated heterocycles. The van der Waals surface area contributed by atoms with Gasteiger partial charge in [0.25, 0.3) is 5.91 Å². The van der Waals surface area contributed by atoms with Crippen molar-refractivity contribution in [2.75, 3.05) is 18.0 Å². The van der Waals surface area contributed by atoms with Gasteiger partial charge >= 0.3 is 6.03 Å². The Morgan fingerprint density at radius 1 is 1.17 bits per heavy atom. The van der Waals surface area contributed by atoms with Crippen molar-refractivity contribution in [1.29, 1.82) is 0 Å². The highest BCUT2D eigenvalue weighted by atomic mass is 19.1. The van der Waals surface area contributed by atoms with Gasteiger partial charge < -0.3 is 10.2 Å². The number of carbonyl (C=O) groups is 3. The number of nitrogens with zero attached hydrogens (tertiary/aromatic N) is 2. The van der Waals surface area contributed by atoms with Crippen LogP contribution in [0.3, 0.4) is 0 Å². The highest BCUT2D eigenvalue weighted by Gasteiger charge is 2.51. The Balaban J connectivity index is 1.86. The molecule has 0 radical (unpaired) electrons. The van der Waals surface area contributed by atoms with Gasteiger partial charge in [-0.1, -0.05) is 43.3 Å². The van der Waals surface area contributed by atoms with Gasteiger partial charge in [-0.05, 0) is 36.2 Å². The number of anilines is 1. The smallest absolute Gasteiger partial charge is 0.319 e. The van der Waals surface area contributed by atoms with Crippen molar-refractivity contribution in [3.8, 4) is 0 Å². The first kappa shape index (κ1) is 20.3. The van der Waals surface area contributed by atoms with Gasteiger partial charge in [-0.25, -0.2) is 9.18 Å². The maximum Gasteiger partial charge on any atom is 0.325 e. The Kier molecular flexibility index (Phi) is 5.77. The fraction of sp³-hybridized carbons (Fsp3) is 0.227. The number of rotatable bonds is 7.